The number of nitro groups is 1. The van der Waals surface area contributed by atoms with Crippen LogP contribution < -0.4 is 10.1 Å². The maximum Gasteiger partial charge on any atom is 0.315 e. The van der Waals surface area contributed by atoms with Crippen molar-refractivity contribution in [1.82, 2.24) is 19.2 Å². The normalized spacial score (nSPS) is 17.8. The van der Waals surface area contributed by atoms with Crippen molar-refractivity contribution in [2.75, 3.05) is 26.7 Å². The topological polar surface area (TPSA) is 120 Å². The summed E-state index contributed by atoms with van der Waals surface area (Å²) in [5, 5.41) is 14.3. The molecule has 1 aromatic carbocycles. The summed E-state index contributed by atoms with van der Waals surface area (Å²) < 4.78 is 48.2. The Morgan fingerprint density at radius 1 is 1.43 bits per heavy atom. The van der Waals surface area contributed by atoms with Crippen LogP contribution in [-0.2, 0) is 17.1 Å². The summed E-state index contributed by atoms with van der Waals surface area (Å²) in [5.74, 6) is -1.22. The Bertz CT molecular complexity index is 983. The maximum atomic E-state index is 14.3. The molecule has 1 aliphatic rings. The quantitative estimate of drug-likeness (QED) is 0.554. The minimum atomic E-state index is -4.22. The number of aromatic nitrogens is 2. The Morgan fingerprint density at radius 3 is 2.71 bits per heavy atom. The van der Waals surface area contributed by atoms with E-state index in [1.807, 2.05) is 0 Å². The Kier molecular flexibility index (Phi) is 6.59. The molecule has 2 aromatic rings. The van der Waals surface area contributed by atoms with E-state index in [1.165, 1.54) is 4.31 Å². The van der Waals surface area contributed by atoms with Gasteiger partial charge in [0, 0.05) is 45.1 Å². The van der Waals surface area contributed by atoms with E-state index in [1.54, 1.807) is 24.0 Å². The molecule has 1 saturated heterocycles. The van der Waals surface area contributed by atoms with Crippen molar-refractivity contribution >= 4 is 28.1 Å². The zero-order chi connectivity index (χ0) is 19.8. The molecule has 1 aliphatic heterocycles. The van der Waals surface area contributed by atoms with Crippen molar-refractivity contribution in [2.45, 2.75) is 10.9 Å². The fourth-order valence-electron chi connectivity index (χ4n) is 3.07. The molecule has 0 spiro atoms. The lowest BCUT2D eigenvalue weighted by Crippen LogP contribution is -2.49. The average Bonchev–Trinajstić information content (AvgIpc) is 3.06. The maximum absolute atomic E-state index is 14.3. The Balaban J connectivity index is 0.00000280. The molecule has 1 atom stereocenters. The number of nitro benzene ring substituents is 1. The number of nitrogens with one attached hydrogen (secondary N) is 1. The van der Waals surface area contributed by atoms with Crippen LogP contribution >= 0.6 is 12.4 Å². The number of piperazine rings is 1. The average molecular weight is 436 g/mol. The largest absolute Gasteiger partial charge is 0.488 e. The van der Waals surface area contributed by atoms with Crippen molar-refractivity contribution in [3.05, 3.63) is 46.3 Å². The predicted octanol–water partition coefficient (Wildman–Crippen LogP) is 1.23. The molecule has 1 aromatic heterocycles. The van der Waals surface area contributed by atoms with Crippen LogP contribution in [-0.4, -0.2) is 53.9 Å². The van der Waals surface area contributed by atoms with Gasteiger partial charge in [-0.2, -0.15) is 4.31 Å². The number of methoxy groups -OCH3 is 1. The van der Waals surface area contributed by atoms with Crippen LogP contribution in [0.25, 0.3) is 0 Å². The molecule has 2 heterocycles. The highest BCUT2D eigenvalue weighted by molar-refractivity contribution is 7.89. The summed E-state index contributed by atoms with van der Waals surface area (Å²) in [6.45, 7) is 0.813. The van der Waals surface area contributed by atoms with Crippen molar-refractivity contribution in [3.63, 3.8) is 0 Å². The van der Waals surface area contributed by atoms with E-state index in [4.69, 9.17) is 4.74 Å². The molecule has 10 nitrogen and oxygen atoms in total. The molecular formula is C15H19ClFN5O5S. The number of rotatable bonds is 5. The third-order valence-electron chi connectivity index (χ3n) is 4.36. The van der Waals surface area contributed by atoms with Crippen LogP contribution in [0.15, 0.2) is 29.4 Å². The smallest absolute Gasteiger partial charge is 0.315 e. The van der Waals surface area contributed by atoms with Crippen molar-refractivity contribution in [1.29, 1.82) is 0 Å². The molecule has 1 N–H and O–H groups in total. The van der Waals surface area contributed by atoms with E-state index < -0.39 is 43.1 Å². The fraction of sp³-hybridized carbons (Fsp3) is 0.400. The number of imidazole rings is 1. The molecule has 0 radical (unpaired) electrons. The molecule has 1 fully saturated rings. The minimum Gasteiger partial charge on any atom is -0.488 e. The fourth-order valence-corrected chi connectivity index (χ4v) is 4.69. The standard InChI is InChI=1S/C15H18FN5O5S.ClH/c1-19-5-4-18-15(19)13-9-17-3-6-20(13)27(24,25)10-7-11(16)14(26-2)12(8-10)21(22)23;/h4-5,7-8,13,17H,3,6,9H2,1-2H3;1H. The van der Waals surface area contributed by atoms with Gasteiger partial charge < -0.3 is 14.6 Å². The second-order valence-corrected chi connectivity index (χ2v) is 7.84. The molecule has 0 amide bonds. The molecule has 0 saturated carbocycles. The number of hydrogen-bond donors (Lipinski definition) is 1. The van der Waals surface area contributed by atoms with Crippen LogP contribution in [0.5, 0.6) is 5.75 Å². The van der Waals surface area contributed by atoms with Crippen molar-refractivity contribution < 1.29 is 22.5 Å². The van der Waals surface area contributed by atoms with Gasteiger partial charge in [0.2, 0.25) is 15.8 Å². The highest BCUT2D eigenvalue weighted by atomic mass is 35.5. The van der Waals surface area contributed by atoms with Crippen LogP contribution in [0.3, 0.4) is 0 Å². The summed E-state index contributed by atoms with van der Waals surface area (Å²) in [6, 6.07) is 0.918. The third-order valence-corrected chi connectivity index (χ3v) is 6.24. The second kappa shape index (κ2) is 8.39. The molecule has 0 aliphatic carbocycles. The number of halogens is 2. The first kappa shape index (κ1) is 22.0. The van der Waals surface area contributed by atoms with Crippen molar-refractivity contribution in [2.24, 2.45) is 7.05 Å². The summed E-state index contributed by atoms with van der Waals surface area (Å²) in [4.78, 5) is 14.0. The van der Waals surface area contributed by atoms with Gasteiger partial charge in [0.25, 0.3) is 0 Å². The van der Waals surface area contributed by atoms with E-state index in [-0.39, 0.29) is 19.0 Å². The summed E-state index contributed by atoms with van der Waals surface area (Å²) in [7, 11) is -1.41. The lowest BCUT2D eigenvalue weighted by Gasteiger charge is -2.34. The highest BCUT2D eigenvalue weighted by Gasteiger charge is 2.38. The lowest BCUT2D eigenvalue weighted by molar-refractivity contribution is -0.386. The number of aryl methyl sites for hydroxylation is 1. The van der Waals surface area contributed by atoms with Gasteiger partial charge in [0.15, 0.2) is 5.82 Å². The van der Waals surface area contributed by atoms with Crippen LogP contribution in [0, 0.1) is 15.9 Å². The first-order valence-electron chi connectivity index (χ1n) is 7.99. The van der Waals surface area contributed by atoms with E-state index in [0.717, 1.165) is 19.2 Å². The second-order valence-electron chi connectivity index (χ2n) is 5.95. The van der Waals surface area contributed by atoms with E-state index in [0.29, 0.717) is 18.9 Å². The van der Waals surface area contributed by atoms with Gasteiger partial charge in [0.05, 0.1) is 23.0 Å². The Hall–Kier alpha value is -2.28. The minimum absolute atomic E-state index is 0. The summed E-state index contributed by atoms with van der Waals surface area (Å²) in [5.41, 5.74) is -0.750. The van der Waals surface area contributed by atoms with Crippen LogP contribution in [0.4, 0.5) is 10.1 Å². The molecule has 28 heavy (non-hydrogen) atoms. The zero-order valence-electron chi connectivity index (χ0n) is 15.0. The zero-order valence-corrected chi connectivity index (χ0v) is 16.7. The number of nitrogens with zero attached hydrogens (tertiary/aromatic N) is 4. The van der Waals surface area contributed by atoms with Gasteiger partial charge >= 0.3 is 5.69 Å². The monoisotopic (exact) mass is 435 g/mol. The Morgan fingerprint density at radius 2 is 2.14 bits per heavy atom. The van der Waals surface area contributed by atoms with E-state index >= 15 is 0 Å². The lowest BCUT2D eigenvalue weighted by atomic mass is 10.2. The molecule has 13 heteroatoms. The van der Waals surface area contributed by atoms with Crippen molar-refractivity contribution in [3.8, 4) is 5.75 Å². The van der Waals surface area contributed by atoms with Gasteiger partial charge in [-0.3, -0.25) is 10.1 Å². The van der Waals surface area contributed by atoms with Gasteiger partial charge in [-0.1, -0.05) is 0 Å². The molecule has 0 bridgehead atoms. The van der Waals surface area contributed by atoms with Crippen LogP contribution in [0.1, 0.15) is 11.9 Å². The first-order valence-corrected chi connectivity index (χ1v) is 9.43. The summed E-state index contributed by atoms with van der Waals surface area (Å²) >= 11 is 0. The number of sulfonamides is 1. The van der Waals surface area contributed by atoms with Gasteiger partial charge in [-0.05, 0) is 6.07 Å². The molecule has 1 unspecified atom stereocenters. The van der Waals surface area contributed by atoms with Gasteiger partial charge in [0.1, 0.15) is 5.82 Å². The number of benzene rings is 1. The van der Waals surface area contributed by atoms with E-state index in [2.05, 4.69) is 10.3 Å². The van der Waals surface area contributed by atoms with Crippen LogP contribution in [0.2, 0.25) is 0 Å². The molecule has 3 rings (SSSR count). The number of ether oxygens (including phenoxy) is 1. The number of hydrogen-bond acceptors (Lipinski definition) is 7. The van der Waals surface area contributed by atoms with E-state index in [9.17, 15) is 22.9 Å². The van der Waals surface area contributed by atoms with Gasteiger partial charge in [-0.25, -0.2) is 17.8 Å². The SMILES string of the molecule is COc1c(F)cc(S(=O)(=O)N2CCNCC2c2nccn2C)cc1[N+](=O)[O-].Cl. The molecular weight excluding hydrogens is 417 g/mol. The van der Waals surface area contributed by atoms with Gasteiger partial charge in [-0.15, -0.1) is 12.4 Å². The highest BCUT2D eigenvalue weighted by Crippen LogP contribution is 2.35. The summed E-state index contributed by atoms with van der Waals surface area (Å²) in [6.07, 6.45) is 3.24. The first-order chi connectivity index (χ1) is 12.8. The molecule has 154 valence electrons. The third kappa shape index (κ3) is 3.81. The Labute approximate surface area is 166 Å². The predicted molar refractivity (Wildman–Crippen MR) is 99.6 cm³/mol.